The summed E-state index contributed by atoms with van der Waals surface area (Å²) < 4.78 is 26.8. The highest BCUT2D eigenvalue weighted by atomic mass is 35.5. The molecule has 1 rings (SSSR count). The summed E-state index contributed by atoms with van der Waals surface area (Å²) in [5.41, 5.74) is 4.12. The van der Waals surface area contributed by atoms with Crippen LogP contribution in [0.15, 0.2) is 12.1 Å². The summed E-state index contributed by atoms with van der Waals surface area (Å²) in [7, 11) is 0. The van der Waals surface area contributed by atoms with Gasteiger partial charge < -0.3 is 11.1 Å². The van der Waals surface area contributed by atoms with E-state index in [9.17, 15) is 13.6 Å². The molecule has 0 spiro atoms. The van der Waals surface area contributed by atoms with Crippen LogP contribution in [0.3, 0.4) is 0 Å². The van der Waals surface area contributed by atoms with Crippen LogP contribution in [0.1, 0.15) is 30.6 Å². The Morgan fingerprint density at radius 3 is 2.53 bits per heavy atom. The predicted molar refractivity (Wildman–Crippen MR) is 74.3 cm³/mol. The quantitative estimate of drug-likeness (QED) is 0.664. The minimum atomic E-state index is -0.963. The number of rotatable bonds is 4. The molecule has 1 atom stereocenters. The first kappa shape index (κ1) is 15.8. The van der Waals surface area contributed by atoms with Crippen molar-refractivity contribution in [2.75, 3.05) is 0 Å². The fourth-order valence-corrected chi connectivity index (χ4v) is 1.68. The first-order valence-corrected chi connectivity index (χ1v) is 6.27. The number of hydrogen-bond acceptors (Lipinski definition) is 2. The van der Waals surface area contributed by atoms with E-state index in [4.69, 9.17) is 29.6 Å². The lowest BCUT2D eigenvalue weighted by Crippen LogP contribution is -2.54. The predicted octanol–water partition coefficient (Wildman–Crippen LogP) is 2.80. The Labute approximate surface area is 120 Å². The highest BCUT2D eigenvalue weighted by molar-refractivity contribution is 7.80. The van der Waals surface area contributed by atoms with Crippen LogP contribution in [-0.2, 0) is 0 Å². The maximum absolute atomic E-state index is 13.6. The number of nitrogens with two attached hydrogens (primary N) is 1. The van der Waals surface area contributed by atoms with Crippen LogP contribution >= 0.6 is 23.8 Å². The molecule has 0 bridgehead atoms. The minimum Gasteiger partial charge on any atom is -0.391 e. The van der Waals surface area contributed by atoms with E-state index in [0.29, 0.717) is 6.42 Å². The summed E-state index contributed by atoms with van der Waals surface area (Å²) in [6.45, 7) is 3.37. The monoisotopic (exact) mass is 306 g/mol. The third-order valence-electron chi connectivity index (χ3n) is 2.89. The molecular formula is C12H13ClF2N2OS. The molecule has 0 aliphatic heterocycles. The molecule has 104 valence electrons. The van der Waals surface area contributed by atoms with Gasteiger partial charge in [-0.05, 0) is 25.5 Å². The van der Waals surface area contributed by atoms with Crippen molar-refractivity contribution in [3.05, 3.63) is 34.4 Å². The summed E-state index contributed by atoms with van der Waals surface area (Å²) in [4.78, 5) is 12.0. The fourth-order valence-electron chi connectivity index (χ4n) is 1.34. The van der Waals surface area contributed by atoms with Gasteiger partial charge >= 0.3 is 0 Å². The summed E-state index contributed by atoms with van der Waals surface area (Å²) in [5.74, 6) is -2.59. The lowest BCUT2D eigenvalue weighted by Gasteiger charge is -2.28. The van der Waals surface area contributed by atoms with Gasteiger partial charge in [-0.2, -0.15) is 0 Å². The molecule has 0 saturated carbocycles. The van der Waals surface area contributed by atoms with E-state index in [1.807, 2.05) is 0 Å². The largest absolute Gasteiger partial charge is 0.391 e. The van der Waals surface area contributed by atoms with Crippen LogP contribution in [0.5, 0.6) is 0 Å². The standard InChI is InChI=1S/C12H13ClF2N2OS/c1-3-12(2,11(16)19)17-10(18)6-4-9(15)7(13)5-8(6)14/h4-5H,3H2,1-2H3,(H2,16,19)(H,17,18). The molecule has 0 heterocycles. The molecule has 1 aromatic rings. The molecule has 3 nitrogen and oxygen atoms in total. The van der Waals surface area contributed by atoms with Gasteiger partial charge in [0.2, 0.25) is 0 Å². The molecule has 1 unspecified atom stereocenters. The van der Waals surface area contributed by atoms with Crippen LogP contribution in [0.25, 0.3) is 0 Å². The van der Waals surface area contributed by atoms with E-state index >= 15 is 0 Å². The number of carbonyl (C=O) groups is 1. The summed E-state index contributed by atoms with van der Waals surface area (Å²) in [6, 6.07) is 1.48. The van der Waals surface area contributed by atoms with Gasteiger partial charge in [-0.15, -0.1) is 0 Å². The van der Waals surface area contributed by atoms with Gasteiger partial charge in [0.05, 0.1) is 21.1 Å². The topological polar surface area (TPSA) is 55.1 Å². The number of hydrogen-bond donors (Lipinski definition) is 2. The van der Waals surface area contributed by atoms with Gasteiger partial charge in [0.1, 0.15) is 11.6 Å². The van der Waals surface area contributed by atoms with E-state index < -0.39 is 28.6 Å². The Kier molecular flexibility index (Phi) is 4.81. The van der Waals surface area contributed by atoms with E-state index in [2.05, 4.69) is 5.32 Å². The highest BCUT2D eigenvalue weighted by Gasteiger charge is 2.29. The molecule has 0 aliphatic carbocycles. The Morgan fingerprint density at radius 1 is 1.47 bits per heavy atom. The molecule has 3 N–H and O–H groups in total. The molecule has 0 aromatic heterocycles. The first-order valence-electron chi connectivity index (χ1n) is 5.48. The molecule has 1 aromatic carbocycles. The maximum Gasteiger partial charge on any atom is 0.255 e. The number of amides is 1. The molecule has 0 fully saturated rings. The lowest BCUT2D eigenvalue weighted by atomic mass is 9.98. The van der Waals surface area contributed by atoms with Gasteiger partial charge in [-0.25, -0.2) is 8.78 Å². The van der Waals surface area contributed by atoms with Crippen LogP contribution in [0.4, 0.5) is 8.78 Å². The molecular weight excluding hydrogens is 294 g/mol. The number of carbonyl (C=O) groups excluding carboxylic acids is 1. The number of nitrogens with one attached hydrogen (secondary N) is 1. The Morgan fingerprint density at radius 2 is 2.05 bits per heavy atom. The first-order chi connectivity index (χ1) is 8.71. The molecule has 0 aliphatic rings. The van der Waals surface area contributed by atoms with Crippen LogP contribution in [0.2, 0.25) is 5.02 Å². The summed E-state index contributed by atoms with van der Waals surface area (Å²) in [6.07, 6.45) is 0.422. The van der Waals surface area contributed by atoms with Gasteiger partial charge in [-0.1, -0.05) is 30.7 Å². The Balaban J connectivity index is 3.08. The average Bonchev–Trinajstić information content (AvgIpc) is 2.33. The van der Waals surface area contributed by atoms with Crippen molar-refractivity contribution in [3.63, 3.8) is 0 Å². The number of thiocarbonyl (C=S) groups is 1. The van der Waals surface area contributed by atoms with Gasteiger partial charge in [0.15, 0.2) is 0 Å². The van der Waals surface area contributed by atoms with Gasteiger partial charge in [-0.3, -0.25) is 4.79 Å². The molecule has 0 radical (unpaired) electrons. The zero-order valence-electron chi connectivity index (χ0n) is 10.4. The zero-order valence-corrected chi connectivity index (χ0v) is 12.0. The fraction of sp³-hybridized carbons (Fsp3) is 0.333. The Bertz CT molecular complexity index is 539. The van der Waals surface area contributed by atoms with Crippen molar-refractivity contribution in [3.8, 4) is 0 Å². The van der Waals surface area contributed by atoms with E-state index in [1.165, 1.54) is 0 Å². The second kappa shape index (κ2) is 5.79. The highest BCUT2D eigenvalue weighted by Crippen LogP contribution is 2.20. The van der Waals surface area contributed by atoms with Crippen molar-refractivity contribution in [2.24, 2.45) is 5.73 Å². The second-order valence-electron chi connectivity index (χ2n) is 4.25. The average molecular weight is 307 g/mol. The molecule has 0 saturated heterocycles. The minimum absolute atomic E-state index is 0.0678. The maximum atomic E-state index is 13.6. The van der Waals surface area contributed by atoms with Crippen molar-refractivity contribution in [1.29, 1.82) is 0 Å². The zero-order chi connectivity index (χ0) is 14.8. The summed E-state index contributed by atoms with van der Waals surface area (Å²) in [5, 5.41) is 2.10. The van der Waals surface area contributed by atoms with Gasteiger partial charge in [0, 0.05) is 0 Å². The van der Waals surface area contributed by atoms with Crippen molar-refractivity contribution in [2.45, 2.75) is 25.8 Å². The van der Waals surface area contributed by atoms with Crippen LogP contribution in [-0.4, -0.2) is 16.4 Å². The van der Waals surface area contributed by atoms with Crippen LogP contribution < -0.4 is 11.1 Å². The van der Waals surface area contributed by atoms with Crippen molar-refractivity contribution < 1.29 is 13.6 Å². The van der Waals surface area contributed by atoms with E-state index in [1.54, 1.807) is 13.8 Å². The molecule has 7 heteroatoms. The SMILES string of the molecule is CCC(C)(NC(=O)c1cc(F)c(Cl)cc1F)C(N)=S. The van der Waals surface area contributed by atoms with Gasteiger partial charge in [0.25, 0.3) is 5.91 Å². The Hall–Kier alpha value is -1.27. The number of benzene rings is 1. The smallest absolute Gasteiger partial charge is 0.255 e. The second-order valence-corrected chi connectivity index (χ2v) is 5.10. The third-order valence-corrected chi connectivity index (χ3v) is 3.64. The van der Waals surface area contributed by atoms with E-state index in [-0.39, 0.29) is 10.0 Å². The normalized spacial score (nSPS) is 13.7. The molecule has 1 amide bonds. The van der Waals surface area contributed by atoms with Crippen molar-refractivity contribution in [1.82, 2.24) is 5.32 Å². The molecule has 19 heavy (non-hydrogen) atoms. The van der Waals surface area contributed by atoms with Crippen molar-refractivity contribution >= 4 is 34.7 Å². The van der Waals surface area contributed by atoms with E-state index in [0.717, 1.165) is 12.1 Å². The third kappa shape index (κ3) is 3.39. The summed E-state index contributed by atoms with van der Waals surface area (Å²) >= 11 is 10.3. The lowest BCUT2D eigenvalue weighted by molar-refractivity contribution is 0.0922. The van der Waals surface area contributed by atoms with Crippen LogP contribution in [0, 0.1) is 11.6 Å². The number of halogens is 3.